The van der Waals surface area contributed by atoms with Crippen LogP contribution in [-0.2, 0) is 4.79 Å². The van der Waals surface area contributed by atoms with Crippen LogP contribution in [0.25, 0.3) is 5.57 Å². The number of carboxylic acids is 1. The Hall–Kier alpha value is -2.29. The number of hydrogen-bond acceptors (Lipinski definition) is 2. The SMILES string of the molecule is CCCCCC1COc2c(cc(C(C)C)cc2C(C)C)\C(C)=C/C=C/C1=C/C(=O)O. The molecule has 1 aliphatic rings. The molecule has 0 saturated carbocycles. The molecule has 0 aliphatic carbocycles. The summed E-state index contributed by atoms with van der Waals surface area (Å²) in [6.45, 7) is 13.6. The number of benzene rings is 1. The third kappa shape index (κ3) is 6.35. The van der Waals surface area contributed by atoms with Gasteiger partial charge in [0.05, 0.1) is 6.61 Å². The lowest BCUT2D eigenvalue weighted by molar-refractivity contribution is -0.131. The van der Waals surface area contributed by atoms with E-state index >= 15 is 0 Å². The summed E-state index contributed by atoms with van der Waals surface area (Å²) in [6, 6.07) is 4.54. The highest BCUT2D eigenvalue weighted by molar-refractivity contribution is 5.81. The molecule has 0 aromatic heterocycles. The minimum atomic E-state index is -0.905. The van der Waals surface area contributed by atoms with E-state index in [0.29, 0.717) is 18.4 Å². The van der Waals surface area contributed by atoms with Crippen LogP contribution in [0.3, 0.4) is 0 Å². The van der Waals surface area contributed by atoms with Crippen molar-refractivity contribution in [1.82, 2.24) is 0 Å². The van der Waals surface area contributed by atoms with Crippen LogP contribution < -0.4 is 4.74 Å². The van der Waals surface area contributed by atoms with Gasteiger partial charge in [-0.25, -0.2) is 4.79 Å². The van der Waals surface area contributed by atoms with E-state index in [-0.39, 0.29) is 5.92 Å². The lowest BCUT2D eigenvalue weighted by Gasteiger charge is -2.25. The normalized spacial score (nSPS) is 21.1. The van der Waals surface area contributed by atoms with Gasteiger partial charge in [-0.3, -0.25) is 0 Å². The molecule has 0 radical (unpaired) electrons. The maximum atomic E-state index is 11.4. The first-order valence-corrected chi connectivity index (χ1v) is 11.3. The minimum Gasteiger partial charge on any atom is -0.492 e. The monoisotopic (exact) mass is 410 g/mol. The number of ether oxygens (including phenoxy) is 1. The molecule has 0 saturated heterocycles. The quantitative estimate of drug-likeness (QED) is 0.374. The Balaban J connectivity index is 2.58. The predicted octanol–water partition coefficient (Wildman–Crippen LogP) is 7.49. The molecule has 3 heteroatoms. The molecule has 1 atom stereocenters. The van der Waals surface area contributed by atoms with Gasteiger partial charge in [-0.05, 0) is 53.5 Å². The van der Waals surface area contributed by atoms with Crippen molar-refractivity contribution in [2.45, 2.75) is 79.1 Å². The van der Waals surface area contributed by atoms with Gasteiger partial charge in [-0.15, -0.1) is 0 Å². The molecule has 3 nitrogen and oxygen atoms in total. The maximum absolute atomic E-state index is 11.4. The van der Waals surface area contributed by atoms with Gasteiger partial charge >= 0.3 is 5.97 Å². The smallest absolute Gasteiger partial charge is 0.328 e. The van der Waals surface area contributed by atoms with Gasteiger partial charge in [0.15, 0.2) is 0 Å². The maximum Gasteiger partial charge on any atom is 0.328 e. The molecule has 164 valence electrons. The molecular formula is C27H38O3. The Morgan fingerprint density at radius 3 is 2.53 bits per heavy atom. The van der Waals surface area contributed by atoms with E-state index in [0.717, 1.165) is 48.1 Å². The third-order valence-electron chi connectivity index (χ3n) is 5.83. The lowest BCUT2D eigenvalue weighted by atomic mass is 9.88. The van der Waals surface area contributed by atoms with Gasteiger partial charge in [0.2, 0.25) is 0 Å². The van der Waals surface area contributed by atoms with Gasteiger partial charge in [0.25, 0.3) is 0 Å². The van der Waals surface area contributed by atoms with Gasteiger partial charge in [0.1, 0.15) is 5.75 Å². The van der Waals surface area contributed by atoms with E-state index in [1.54, 1.807) is 0 Å². The van der Waals surface area contributed by atoms with Crippen LogP contribution in [0, 0.1) is 5.92 Å². The van der Waals surface area contributed by atoms with Gasteiger partial charge < -0.3 is 9.84 Å². The fourth-order valence-electron chi connectivity index (χ4n) is 3.90. The predicted molar refractivity (Wildman–Crippen MR) is 126 cm³/mol. The Morgan fingerprint density at radius 2 is 1.93 bits per heavy atom. The van der Waals surface area contributed by atoms with Crippen molar-refractivity contribution in [3.8, 4) is 5.75 Å². The number of allylic oxidation sites excluding steroid dienone is 4. The van der Waals surface area contributed by atoms with E-state index in [9.17, 15) is 9.90 Å². The van der Waals surface area contributed by atoms with Crippen LogP contribution in [0.15, 0.2) is 42.0 Å². The minimum absolute atomic E-state index is 0.0633. The summed E-state index contributed by atoms with van der Waals surface area (Å²) >= 11 is 0. The van der Waals surface area contributed by atoms with Gasteiger partial charge in [0, 0.05) is 17.6 Å². The highest BCUT2D eigenvalue weighted by Crippen LogP contribution is 2.38. The zero-order valence-electron chi connectivity index (χ0n) is 19.5. The zero-order chi connectivity index (χ0) is 22.3. The molecule has 1 aliphatic heterocycles. The van der Waals surface area contributed by atoms with Crippen LogP contribution in [0.2, 0.25) is 0 Å². The molecule has 1 aromatic rings. The number of carboxylic acid groups (broad SMARTS) is 1. The molecule has 0 amide bonds. The summed E-state index contributed by atoms with van der Waals surface area (Å²) in [5.41, 5.74) is 5.65. The fraction of sp³-hybridized carbons (Fsp3) is 0.519. The van der Waals surface area contributed by atoms with Crippen molar-refractivity contribution in [3.63, 3.8) is 0 Å². The first-order chi connectivity index (χ1) is 14.2. The highest BCUT2D eigenvalue weighted by atomic mass is 16.5. The summed E-state index contributed by atoms with van der Waals surface area (Å²) in [5.74, 6) is 0.898. The summed E-state index contributed by atoms with van der Waals surface area (Å²) < 4.78 is 6.51. The molecule has 30 heavy (non-hydrogen) atoms. The standard InChI is InChI=1S/C27H38O3/c1-7-8-9-12-22-17-30-27-24(19(4)5)14-23(18(2)3)15-25(27)20(6)11-10-13-21(22)16-26(28)29/h10-11,13-16,18-19,22H,7-9,12,17H2,1-6H3,(H,28,29)/b13-10+,20-11-,21-16-. The van der Waals surface area contributed by atoms with Crippen LogP contribution >= 0.6 is 0 Å². The summed E-state index contributed by atoms with van der Waals surface area (Å²) in [7, 11) is 0. The molecule has 0 spiro atoms. The first-order valence-electron chi connectivity index (χ1n) is 11.3. The average Bonchev–Trinajstić information content (AvgIpc) is 2.68. The summed E-state index contributed by atoms with van der Waals surface area (Å²) in [4.78, 5) is 11.4. The van der Waals surface area contributed by atoms with Crippen LogP contribution in [0.1, 0.15) is 95.8 Å². The third-order valence-corrected chi connectivity index (χ3v) is 5.83. The topological polar surface area (TPSA) is 46.5 Å². The van der Waals surface area contributed by atoms with E-state index in [1.165, 1.54) is 17.2 Å². The Labute approximate surface area is 182 Å². The number of aliphatic carboxylic acids is 1. The molecule has 1 heterocycles. The van der Waals surface area contributed by atoms with E-state index in [2.05, 4.69) is 59.8 Å². The van der Waals surface area contributed by atoms with Crippen molar-refractivity contribution >= 4 is 11.5 Å². The lowest BCUT2D eigenvalue weighted by Crippen LogP contribution is -2.17. The van der Waals surface area contributed by atoms with E-state index in [4.69, 9.17) is 4.74 Å². The number of fused-ring (bicyclic) bond motifs is 1. The highest BCUT2D eigenvalue weighted by Gasteiger charge is 2.21. The number of unbranched alkanes of at least 4 members (excludes halogenated alkanes) is 2. The van der Waals surface area contributed by atoms with Crippen LogP contribution in [-0.4, -0.2) is 17.7 Å². The molecule has 0 bridgehead atoms. The molecular weight excluding hydrogens is 372 g/mol. The van der Waals surface area contributed by atoms with Gasteiger partial charge in [-0.2, -0.15) is 0 Å². The zero-order valence-corrected chi connectivity index (χ0v) is 19.5. The number of rotatable bonds is 7. The molecule has 2 rings (SSSR count). The number of hydrogen-bond donors (Lipinski definition) is 1. The largest absolute Gasteiger partial charge is 0.492 e. The van der Waals surface area contributed by atoms with Crippen molar-refractivity contribution < 1.29 is 14.6 Å². The average molecular weight is 411 g/mol. The van der Waals surface area contributed by atoms with Crippen molar-refractivity contribution in [2.24, 2.45) is 5.92 Å². The van der Waals surface area contributed by atoms with Crippen LogP contribution in [0.4, 0.5) is 0 Å². The second-order valence-electron chi connectivity index (χ2n) is 8.99. The number of carbonyl (C=O) groups is 1. The molecule has 1 unspecified atom stereocenters. The molecule has 1 aromatic carbocycles. The van der Waals surface area contributed by atoms with Crippen molar-refractivity contribution in [2.75, 3.05) is 6.61 Å². The van der Waals surface area contributed by atoms with Crippen molar-refractivity contribution in [1.29, 1.82) is 0 Å². The van der Waals surface area contributed by atoms with Gasteiger partial charge in [-0.1, -0.05) is 78.2 Å². The first kappa shape index (κ1) is 24.0. The molecule has 1 N–H and O–H groups in total. The van der Waals surface area contributed by atoms with E-state index < -0.39 is 5.97 Å². The summed E-state index contributed by atoms with van der Waals surface area (Å²) in [6.07, 6.45) is 11.6. The Morgan fingerprint density at radius 1 is 1.20 bits per heavy atom. The van der Waals surface area contributed by atoms with Crippen molar-refractivity contribution in [3.05, 3.63) is 58.7 Å². The molecule has 0 fully saturated rings. The fourth-order valence-corrected chi connectivity index (χ4v) is 3.90. The van der Waals surface area contributed by atoms with Crippen LogP contribution in [0.5, 0.6) is 5.75 Å². The second-order valence-corrected chi connectivity index (χ2v) is 8.99. The Kier molecular flexibility index (Phi) is 8.95. The Bertz CT molecular complexity index is 825. The summed E-state index contributed by atoms with van der Waals surface area (Å²) in [5, 5.41) is 9.39. The van der Waals surface area contributed by atoms with E-state index in [1.807, 2.05) is 12.2 Å². The second kappa shape index (κ2) is 11.2.